The summed E-state index contributed by atoms with van der Waals surface area (Å²) < 4.78 is 0. The topological polar surface area (TPSA) is 45.7 Å². The molecule has 3 N–H and O–H groups in total. The van der Waals surface area contributed by atoms with Gasteiger partial charge in [-0.05, 0) is 25.0 Å². The molecule has 0 saturated carbocycles. The quantitative estimate of drug-likeness (QED) is 0.809. The summed E-state index contributed by atoms with van der Waals surface area (Å²) in [5.41, 5.74) is 2.12. The number of amides is 1. The van der Waals surface area contributed by atoms with E-state index in [0.29, 0.717) is 12.0 Å². The molecule has 0 heterocycles. The Balaban J connectivity index is 2.02. The van der Waals surface area contributed by atoms with Gasteiger partial charge in [-0.15, -0.1) is 0 Å². The van der Waals surface area contributed by atoms with Crippen LogP contribution in [0.15, 0.2) is 60.7 Å². The van der Waals surface area contributed by atoms with Crippen LogP contribution in [0.4, 0.5) is 5.69 Å². The van der Waals surface area contributed by atoms with Gasteiger partial charge in [0.25, 0.3) is 5.91 Å². The van der Waals surface area contributed by atoms with Gasteiger partial charge in [-0.3, -0.25) is 4.79 Å². The molecule has 0 saturated heterocycles. The first-order valence-electron chi connectivity index (χ1n) is 8.32. The Bertz CT molecular complexity index is 596. The number of nitrogens with two attached hydrogens (primary N) is 1. The SMILES string of the molecule is CC(C)C[C@H]([NH2+][C@H](C)C(=O)Nc1ccccc1)c1ccccc1. The molecular formula is C20H27N2O+. The predicted molar refractivity (Wildman–Crippen MR) is 95.1 cm³/mol. The van der Waals surface area contributed by atoms with Crippen molar-refractivity contribution in [1.82, 2.24) is 0 Å². The fourth-order valence-corrected chi connectivity index (χ4v) is 2.75. The number of rotatable bonds is 7. The van der Waals surface area contributed by atoms with E-state index in [1.54, 1.807) is 0 Å². The van der Waals surface area contributed by atoms with Gasteiger partial charge in [0.05, 0.1) is 0 Å². The fourth-order valence-electron chi connectivity index (χ4n) is 2.75. The molecule has 122 valence electrons. The zero-order valence-electron chi connectivity index (χ0n) is 14.2. The van der Waals surface area contributed by atoms with Crippen LogP contribution in [0, 0.1) is 5.92 Å². The lowest BCUT2D eigenvalue weighted by molar-refractivity contribution is -0.714. The number of carbonyl (C=O) groups excluding carboxylic acids is 1. The van der Waals surface area contributed by atoms with Gasteiger partial charge in [0, 0.05) is 17.7 Å². The first-order chi connectivity index (χ1) is 11.1. The molecule has 0 radical (unpaired) electrons. The van der Waals surface area contributed by atoms with E-state index in [9.17, 15) is 4.79 Å². The lowest BCUT2D eigenvalue weighted by Crippen LogP contribution is -2.92. The third-order valence-corrected chi connectivity index (χ3v) is 3.93. The second-order valence-electron chi connectivity index (χ2n) is 6.48. The molecule has 0 fully saturated rings. The second-order valence-corrected chi connectivity index (χ2v) is 6.48. The highest BCUT2D eigenvalue weighted by Crippen LogP contribution is 2.17. The molecule has 0 aliphatic carbocycles. The minimum atomic E-state index is -0.140. The minimum absolute atomic E-state index is 0.0425. The molecule has 0 bridgehead atoms. The minimum Gasteiger partial charge on any atom is -0.330 e. The second kappa shape index (κ2) is 8.49. The van der Waals surface area contributed by atoms with Gasteiger partial charge in [-0.2, -0.15) is 0 Å². The summed E-state index contributed by atoms with van der Waals surface area (Å²) in [6.07, 6.45) is 1.05. The Kier molecular flexibility index (Phi) is 6.36. The van der Waals surface area contributed by atoms with Crippen molar-refractivity contribution >= 4 is 11.6 Å². The fraction of sp³-hybridized carbons (Fsp3) is 0.350. The van der Waals surface area contributed by atoms with Gasteiger partial charge < -0.3 is 10.6 Å². The van der Waals surface area contributed by atoms with Crippen molar-refractivity contribution in [2.24, 2.45) is 5.92 Å². The third-order valence-electron chi connectivity index (χ3n) is 3.93. The van der Waals surface area contributed by atoms with Crippen molar-refractivity contribution < 1.29 is 10.1 Å². The van der Waals surface area contributed by atoms with Crippen LogP contribution in [0.2, 0.25) is 0 Å². The van der Waals surface area contributed by atoms with Crippen molar-refractivity contribution in [3.63, 3.8) is 0 Å². The van der Waals surface area contributed by atoms with Crippen LogP contribution >= 0.6 is 0 Å². The highest BCUT2D eigenvalue weighted by Gasteiger charge is 2.24. The molecule has 0 aliphatic heterocycles. The number of benzene rings is 2. The molecule has 1 amide bonds. The summed E-state index contributed by atoms with van der Waals surface area (Å²) in [5.74, 6) is 0.627. The predicted octanol–water partition coefficient (Wildman–Crippen LogP) is 3.36. The number of carbonyl (C=O) groups is 1. The highest BCUT2D eigenvalue weighted by molar-refractivity contribution is 5.93. The van der Waals surface area contributed by atoms with E-state index in [-0.39, 0.29) is 11.9 Å². The Morgan fingerprint density at radius 1 is 0.957 bits per heavy atom. The summed E-state index contributed by atoms with van der Waals surface area (Å²) in [7, 11) is 0. The summed E-state index contributed by atoms with van der Waals surface area (Å²) in [6, 6.07) is 20.2. The normalized spacial score (nSPS) is 13.6. The molecule has 23 heavy (non-hydrogen) atoms. The van der Waals surface area contributed by atoms with Gasteiger partial charge in [0.1, 0.15) is 6.04 Å². The Morgan fingerprint density at radius 2 is 1.52 bits per heavy atom. The Morgan fingerprint density at radius 3 is 2.09 bits per heavy atom. The third kappa shape index (κ3) is 5.53. The molecular weight excluding hydrogens is 284 g/mol. The molecule has 0 aliphatic rings. The number of para-hydroxylation sites is 1. The van der Waals surface area contributed by atoms with Crippen molar-refractivity contribution in [3.05, 3.63) is 66.2 Å². The number of nitrogens with one attached hydrogen (secondary N) is 1. The summed E-state index contributed by atoms with van der Waals surface area (Å²) >= 11 is 0. The first-order valence-corrected chi connectivity index (χ1v) is 8.32. The average Bonchev–Trinajstić information content (AvgIpc) is 2.55. The summed E-state index contributed by atoms with van der Waals surface area (Å²) in [5, 5.41) is 5.16. The number of quaternary nitrogens is 1. The zero-order valence-corrected chi connectivity index (χ0v) is 14.2. The maximum Gasteiger partial charge on any atom is 0.282 e. The van der Waals surface area contributed by atoms with Crippen molar-refractivity contribution in [2.75, 3.05) is 5.32 Å². The van der Waals surface area contributed by atoms with E-state index in [2.05, 4.69) is 48.7 Å². The van der Waals surface area contributed by atoms with Crippen LogP contribution in [-0.2, 0) is 4.79 Å². The monoisotopic (exact) mass is 311 g/mol. The lowest BCUT2D eigenvalue weighted by Gasteiger charge is -2.21. The van der Waals surface area contributed by atoms with Crippen molar-refractivity contribution in [3.8, 4) is 0 Å². The molecule has 0 spiro atoms. The molecule has 0 unspecified atom stereocenters. The van der Waals surface area contributed by atoms with E-state index < -0.39 is 0 Å². The Labute approximate surface area is 139 Å². The van der Waals surface area contributed by atoms with Crippen LogP contribution < -0.4 is 10.6 Å². The molecule has 2 aromatic rings. The first kappa shape index (κ1) is 17.2. The molecule has 0 aromatic heterocycles. The van der Waals surface area contributed by atoms with E-state index in [1.165, 1.54) is 5.56 Å². The van der Waals surface area contributed by atoms with Crippen LogP contribution in [0.25, 0.3) is 0 Å². The Hall–Kier alpha value is -2.13. The van der Waals surface area contributed by atoms with Gasteiger partial charge >= 0.3 is 0 Å². The molecule has 2 aromatic carbocycles. The largest absolute Gasteiger partial charge is 0.330 e. The van der Waals surface area contributed by atoms with Crippen LogP contribution in [-0.4, -0.2) is 11.9 Å². The van der Waals surface area contributed by atoms with Gasteiger partial charge in [0.2, 0.25) is 0 Å². The molecule has 3 nitrogen and oxygen atoms in total. The number of hydrogen-bond donors (Lipinski definition) is 2. The molecule has 3 heteroatoms. The smallest absolute Gasteiger partial charge is 0.282 e. The van der Waals surface area contributed by atoms with Crippen molar-refractivity contribution in [2.45, 2.75) is 39.3 Å². The molecule has 2 atom stereocenters. The van der Waals surface area contributed by atoms with Crippen LogP contribution in [0.1, 0.15) is 38.8 Å². The van der Waals surface area contributed by atoms with Gasteiger partial charge in [-0.25, -0.2) is 0 Å². The standard InChI is InChI=1S/C20H26N2O/c1-15(2)14-19(17-10-6-4-7-11-17)21-16(3)20(23)22-18-12-8-5-9-13-18/h4-13,15-16,19,21H,14H2,1-3H3,(H,22,23)/p+1/t16-,19+/m1/s1. The van der Waals surface area contributed by atoms with Crippen LogP contribution in [0.3, 0.4) is 0 Å². The number of hydrogen-bond acceptors (Lipinski definition) is 1. The highest BCUT2D eigenvalue weighted by atomic mass is 16.2. The molecule has 2 rings (SSSR count). The van der Waals surface area contributed by atoms with Crippen molar-refractivity contribution in [1.29, 1.82) is 0 Å². The average molecular weight is 311 g/mol. The van der Waals surface area contributed by atoms with Gasteiger partial charge in [-0.1, -0.05) is 62.4 Å². The summed E-state index contributed by atoms with van der Waals surface area (Å²) in [6.45, 7) is 6.41. The summed E-state index contributed by atoms with van der Waals surface area (Å²) in [4.78, 5) is 12.4. The van der Waals surface area contributed by atoms with Gasteiger partial charge in [0.15, 0.2) is 6.04 Å². The zero-order chi connectivity index (χ0) is 16.7. The number of anilines is 1. The van der Waals surface area contributed by atoms with Crippen LogP contribution in [0.5, 0.6) is 0 Å². The van der Waals surface area contributed by atoms with E-state index in [1.807, 2.05) is 43.3 Å². The maximum absolute atomic E-state index is 12.4. The van der Waals surface area contributed by atoms with E-state index in [4.69, 9.17) is 0 Å². The van der Waals surface area contributed by atoms with E-state index in [0.717, 1.165) is 12.1 Å². The van der Waals surface area contributed by atoms with E-state index >= 15 is 0 Å². The lowest BCUT2D eigenvalue weighted by atomic mass is 9.96. The maximum atomic E-state index is 12.4.